The zero-order valence-corrected chi connectivity index (χ0v) is 20.7. The molecule has 0 bridgehead atoms. The number of hydrogen-bond acceptors (Lipinski definition) is 3. The smallest absolute Gasteiger partial charge is 0.336 e. The van der Waals surface area contributed by atoms with Gasteiger partial charge in [0, 0.05) is 16.6 Å². The lowest BCUT2D eigenvalue weighted by Crippen LogP contribution is -2.40. The van der Waals surface area contributed by atoms with Gasteiger partial charge in [-0.15, -0.1) is 0 Å². The van der Waals surface area contributed by atoms with Crippen LogP contribution in [0.5, 0.6) is 0 Å². The van der Waals surface area contributed by atoms with Crippen molar-refractivity contribution < 1.29 is 26.4 Å². The number of carbonyl (C=O) groups is 1. The van der Waals surface area contributed by atoms with Gasteiger partial charge < -0.3 is 10.6 Å². The maximum atomic E-state index is 13.3. The molecule has 13 heteroatoms. The van der Waals surface area contributed by atoms with E-state index in [9.17, 15) is 26.4 Å². The van der Waals surface area contributed by atoms with Gasteiger partial charge in [-0.1, -0.05) is 40.9 Å². The number of alkyl halides is 3. The lowest BCUT2D eigenvalue weighted by molar-refractivity contribution is -0.137. The highest BCUT2D eigenvalue weighted by Crippen LogP contribution is 2.33. The zero-order valence-electron chi connectivity index (χ0n) is 17.6. The van der Waals surface area contributed by atoms with Crippen LogP contribution in [0.1, 0.15) is 5.56 Å². The molecule has 35 heavy (non-hydrogen) atoms. The normalized spacial score (nSPS) is 11.7. The largest absolute Gasteiger partial charge is 0.416 e. The first-order valence-electron chi connectivity index (χ1n) is 9.83. The lowest BCUT2D eigenvalue weighted by atomic mass is 10.2. The third-order valence-electron chi connectivity index (χ3n) is 4.64. The van der Waals surface area contributed by atoms with Gasteiger partial charge >= 0.3 is 12.2 Å². The average molecular weight is 567 g/mol. The topological polar surface area (TPSA) is 78.5 Å². The monoisotopic (exact) mass is 565 g/mol. The van der Waals surface area contributed by atoms with Crippen molar-refractivity contribution in [2.45, 2.75) is 11.1 Å². The van der Waals surface area contributed by atoms with Gasteiger partial charge in [-0.05, 0) is 60.7 Å². The van der Waals surface area contributed by atoms with E-state index in [4.69, 9.17) is 34.8 Å². The van der Waals surface area contributed by atoms with E-state index in [0.29, 0.717) is 5.02 Å². The SMILES string of the molecule is O=C(NCCN(c1cccc(C(F)(F)F)c1)S(=O)(=O)c1ccc(Cl)cc1)Nc1ccc(Cl)cc1Cl. The minimum absolute atomic E-state index is 0.184. The second-order valence-electron chi connectivity index (χ2n) is 7.08. The van der Waals surface area contributed by atoms with Crippen LogP contribution in [0.25, 0.3) is 0 Å². The number of nitrogens with zero attached hydrogens (tertiary/aromatic N) is 1. The van der Waals surface area contributed by atoms with Crippen LogP contribution in [0.3, 0.4) is 0 Å². The van der Waals surface area contributed by atoms with Gasteiger partial charge in [0.05, 0.1) is 33.4 Å². The average Bonchev–Trinajstić information content (AvgIpc) is 2.78. The van der Waals surface area contributed by atoms with Gasteiger partial charge in [-0.25, -0.2) is 13.2 Å². The van der Waals surface area contributed by atoms with Crippen molar-refractivity contribution in [1.29, 1.82) is 0 Å². The highest BCUT2D eigenvalue weighted by atomic mass is 35.5. The molecule has 0 unspecified atom stereocenters. The van der Waals surface area contributed by atoms with Gasteiger partial charge in [0.15, 0.2) is 0 Å². The van der Waals surface area contributed by atoms with Crippen LogP contribution in [-0.2, 0) is 16.2 Å². The van der Waals surface area contributed by atoms with Crippen LogP contribution in [0.2, 0.25) is 15.1 Å². The fourth-order valence-corrected chi connectivity index (χ4v) is 5.03. The van der Waals surface area contributed by atoms with E-state index in [1.54, 1.807) is 0 Å². The molecule has 0 heterocycles. The number of hydrogen-bond donors (Lipinski definition) is 2. The number of amides is 2. The highest BCUT2D eigenvalue weighted by Gasteiger charge is 2.32. The first-order chi connectivity index (χ1) is 16.4. The number of rotatable bonds is 7. The lowest BCUT2D eigenvalue weighted by Gasteiger charge is -2.25. The van der Waals surface area contributed by atoms with Crippen LogP contribution in [-0.4, -0.2) is 27.5 Å². The Morgan fingerprint density at radius 3 is 2.20 bits per heavy atom. The van der Waals surface area contributed by atoms with Gasteiger partial charge in [0.2, 0.25) is 0 Å². The number of urea groups is 1. The molecule has 0 spiro atoms. The van der Waals surface area contributed by atoms with E-state index in [-0.39, 0.29) is 39.4 Å². The van der Waals surface area contributed by atoms with Gasteiger partial charge in [-0.3, -0.25) is 4.31 Å². The molecule has 3 rings (SSSR count). The van der Waals surface area contributed by atoms with Gasteiger partial charge in [0.1, 0.15) is 0 Å². The summed E-state index contributed by atoms with van der Waals surface area (Å²) in [6.45, 7) is -0.603. The Morgan fingerprint density at radius 2 is 1.57 bits per heavy atom. The fraction of sp³-hybridized carbons (Fsp3) is 0.136. The van der Waals surface area contributed by atoms with Crippen molar-refractivity contribution in [3.05, 3.63) is 87.4 Å². The van der Waals surface area contributed by atoms with E-state index >= 15 is 0 Å². The molecular weight excluding hydrogens is 550 g/mol. The van der Waals surface area contributed by atoms with Crippen molar-refractivity contribution in [2.75, 3.05) is 22.7 Å². The molecule has 2 amide bonds. The Balaban J connectivity index is 1.83. The molecular formula is C22H17Cl3F3N3O3S. The molecule has 0 fully saturated rings. The predicted molar refractivity (Wildman–Crippen MR) is 131 cm³/mol. The summed E-state index contributed by atoms with van der Waals surface area (Å²) >= 11 is 17.7. The standard InChI is InChI=1S/C22H17Cl3F3N3O3S/c23-15-4-7-18(8-5-15)35(33,34)31(17-3-1-2-14(12-17)22(26,27)28)11-10-29-21(32)30-20-9-6-16(24)13-19(20)25/h1-9,12-13H,10-11H2,(H2,29,30,32). The Hall–Kier alpha value is -2.66. The molecule has 0 saturated carbocycles. The van der Waals surface area contributed by atoms with Gasteiger partial charge in [-0.2, -0.15) is 13.2 Å². The summed E-state index contributed by atoms with van der Waals surface area (Å²) in [7, 11) is -4.30. The molecule has 0 aromatic heterocycles. The Bertz CT molecular complexity index is 1320. The van der Waals surface area contributed by atoms with Crippen molar-refractivity contribution >= 4 is 62.2 Å². The summed E-state index contributed by atoms with van der Waals surface area (Å²) in [4.78, 5) is 12.1. The minimum atomic E-state index is -4.68. The molecule has 0 aliphatic carbocycles. The zero-order chi connectivity index (χ0) is 25.8. The molecule has 3 aromatic carbocycles. The number of sulfonamides is 1. The fourth-order valence-electron chi connectivity index (χ4n) is 2.99. The summed E-state index contributed by atoms with van der Waals surface area (Å²) < 4.78 is 67.1. The molecule has 0 saturated heterocycles. The third kappa shape index (κ3) is 6.94. The van der Waals surface area contributed by atoms with Crippen molar-refractivity contribution in [3.8, 4) is 0 Å². The molecule has 2 N–H and O–H groups in total. The van der Waals surface area contributed by atoms with E-state index in [1.807, 2.05) is 0 Å². The maximum Gasteiger partial charge on any atom is 0.416 e. The number of carbonyl (C=O) groups excluding carboxylic acids is 1. The van der Waals surface area contributed by atoms with Crippen LogP contribution in [0.15, 0.2) is 71.6 Å². The Morgan fingerprint density at radius 1 is 0.914 bits per heavy atom. The summed E-state index contributed by atoms with van der Waals surface area (Å²) in [6.07, 6.45) is -4.68. The van der Waals surface area contributed by atoms with E-state index < -0.39 is 27.8 Å². The Kier molecular flexibility index (Phi) is 8.42. The molecule has 0 atom stereocenters. The third-order valence-corrected chi connectivity index (χ3v) is 7.28. The molecule has 0 radical (unpaired) electrons. The van der Waals surface area contributed by atoms with E-state index in [0.717, 1.165) is 22.5 Å². The molecule has 0 aliphatic heterocycles. The predicted octanol–water partition coefficient (Wildman–Crippen LogP) is 6.68. The number of halogens is 6. The minimum Gasteiger partial charge on any atom is -0.336 e. The van der Waals surface area contributed by atoms with Crippen molar-refractivity contribution in [2.24, 2.45) is 0 Å². The molecule has 6 nitrogen and oxygen atoms in total. The maximum absolute atomic E-state index is 13.3. The summed E-state index contributed by atoms with van der Waals surface area (Å²) in [5, 5.41) is 5.78. The molecule has 186 valence electrons. The van der Waals surface area contributed by atoms with Gasteiger partial charge in [0.25, 0.3) is 10.0 Å². The first-order valence-corrected chi connectivity index (χ1v) is 12.4. The van der Waals surface area contributed by atoms with Crippen molar-refractivity contribution in [3.63, 3.8) is 0 Å². The van der Waals surface area contributed by atoms with Crippen LogP contribution in [0, 0.1) is 0 Å². The quantitative estimate of drug-likeness (QED) is 0.335. The molecule has 0 aliphatic rings. The summed E-state index contributed by atoms with van der Waals surface area (Å²) in [5.74, 6) is 0. The Labute approximate surface area is 214 Å². The second kappa shape index (κ2) is 10.9. The molecule has 3 aromatic rings. The van der Waals surface area contributed by atoms with Crippen LogP contribution < -0.4 is 14.9 Å². The number of anilines is 2. The van der Waals surface area contributed by atoms with E-state index in [2.05, 4.69) is 10.6 Å². The second-order valence-corrected chi connectivity index (χ2v) is 10.2. The first kappa shape index (κ1) is 26.9. The van der Waals surface area contributed by atoms with Crippen molar-refractivity contribution in [1.82, 2.24) is 5.32 Å². The summed E-state index contributed by atoms with van der Waals surface area (Å²) in [5.41, 5.74) is -0.982. The number of benzene rings is 3. The van der Waals surface area contributed by atoms with Crippen LogP contribution in [0.4, 0.5) is 29.3 Å². The van der Waals surface area contributed by atoms with Crippen LogP contribution >= 0.6 is 34.8 Å². The summed E-state index contributed by atoms with van der Waals surface area (Å²) in [6, 6.07) is 12.8. The highest BCUT2D eigenvalue weighted by molar-refractivity contribution is 7.92. The van der Waals surface area contributed by atoms with E-state index in [1.165, 1.54) is 48.5 Å². The number of nitrogens with one attached hydrogen (secondary N) is 2.